The Bertz CT molecular complexity index is 109. The van der Waals surface area contributed by atoms with Crippen LogP contribution in [0.1, 0.15) is 13.3 Å². The number of thioether (sulfide) groups is 1. The summed E-state index contributed by atoms with van der Waals surface area (Å²) in [5.74, 6) is 0.885. The second kappa shape index (κ2) is 6.91. The van der Waals surface area contributed by atoms with Crippen LogP contribution in [0, 0.1) is 11.3 Å². The van der Waals surface area contributed by atoms with Gasteiger partial charge in [-0.25, -0.2) is 0 Å². The molecular formula is C7H14N2S. The molecule has 0 saturated carbocycles. The Morgan fingerprint density at radius 2 is 2.40 bits per heavy atom. The van der Waals surface area contributed by atoms with Gasteiger partial charge < -0.3 is 5.32 Å². The van der Waals surface area contributed by atoms with E-state index in [9.17, 15) is 0 Å². The summed E-state index contributed by atoms with van der Waals surface area (Å²) in [6.07, 6.45) is 3.10. The van der Waals surface area contributed by atoms with E-state index in [1.54, 1.807) is 11.8 Å². The van der Waals surface area contributed by atoms with Crippen LogP contribution in [0.15, 0.2) is 0 Å². The standard InChI is InChI=1S/C7H14N2S/c1-3-4-9-7(5-8)6-10-2/h7,9H,3-4,6H2,1-2H3. The van der Waals surface area contributed by atoms with E-state index in [0.717, 1.165) is 18.7 Å². The van der Waals surface area contributed by atoms with Crippen molar-refractivity contribution in [1.82, 2.24) is 5.32 Å². The van der Waals surface area contributed by atoms with Crippen molar-refractivity contribution in [3.8, 4) is 6.07 Å². The quantitative estimate of drug-likeness (QED) is 0.654. The van der Waals surface area contributed by atoms with Crippen LogP contribution in [0.25, 0.3) is 0 Å². The molecule has 3 heteroatoms. The number of nitriles is 1. The molecule has 0 fully saturated rings. The highest BCUT2D eigenvalue weighted by molar-refractivity contribution is 7.98. The van der Waals surface area contributed by atoms with Crippen LogP contribution in [0.3, 0.4) is 0 Å². The molecule has 0 amide bonds. The Labute approximate surface area is 67.0 Å². The Balaban J connectivity index is 3.33. The summed E-state index contributed by atoms with van der Waals surface area (Å²) in [4.78, 5) is 0. The van der Waals surface area contributed by atoms with Crippen molar-refractivity contribution >= 4 is 11.8 Å². The van der Waals surface area contributed by atoms with Crippen molar-refractivity contribution in [2.75, 3.05) is 18.6 Å². The maximum atomic E-state index is 8.56. The highest BCUT2D eigenvalue weighted by Gasteiger charge is 2.02. The molecule has 0 aliphatic heterocycles. The molecule has 1 unspecified atom stereocenters. The number of nitrogens with zero attached hydrogens (tertiary/aromatic N) is 1. The lowest BCUT2D eigenvalue weighted by Gasteiger charge is -2.07. The smallest absolute Gasteiger partial charge is 0.104 e. The molecule has 0 aromatic carbocycles. The topological polar surface area (TPSA) is 35.8 Å². The van der Waals surface area contributed by atoms with Crippen LogP contribution in [0.4, 0.5) is 0 Å². The normalized spacial score (nSPS) is 12.5. The van der Waals surface area contributed by atoms with Gasteiger partial charge in [-0.05, 0) is 19.2 Å². The Morgan fingerprint density at radius 3 is 2.80 bits per heavy atom. The Morgan fingerprint density at radius 1 is 1.70 bits per heavy atom. The van der Waals surface area contributed by atoms with E-state index in [2.05, 4.69) is 18.3 Å². The summed E-state index contributed by atoms with van der Waals surface area (Å²) in [7, 11) is 0. The lowest BCUT2D eigenvalue weighted by molar-refractivity contribution is 0.638. The molecular weight excluding hydrogens is 144 g/mol. The van der Waals surface area contributed by atoms with E-state index >= 15 is 0 Å². The molecule has 0 rings (SSSR count). The van der Waals surface area contributed by atoms with Crippen molar-refractivity contribution in [3.05, 3.63) is 0 Å². The molecule has 1 atom stereocenters. The zero-order chi connectivity index (χ0) is 7.82. The van der Waals surface area contributed by atoms with Gasteiger partial charge in [-0.2, -0.15) is 17.0 Å². The number of rotatable bonds is 5. The van der Waals surface area contributed by atoms with Crippen molar-refractivity contribution in [2.45, 2.75) is 19.4 Å². The summed E-state index contributed by atoms with van der Waals surface area (Å²) in [6.45, 7) is 3.04. The predicted molar refractivity (Wildman–Crippen MR) is 46.1 cm³/mol. The lowest BCUT2D eigenvalue weighted by Crippen LogP contribution is -2.30. The first kappa shape index (κ1) is 9.80. The minimum absolute atomic E-state index is 0.0370. The van der Waals surface area contributed by atoms with Gasteiger partial charge >= 0.3 is 0 Å². The van der Waals surface area contributed by atoms with Crippen LogP contribution in [-0.4, -0.2) is 24.6 Å². The molecule has 0 spiro atoms. The van der Waals surface area contributed by atoms with Crippen molar-refractivity contribution < 1.29 is 0 Å². The third-order valence-corrected chi connectivity index (χ3v) is 1.80. The SMILES string of the molecule is CCCNC(C#N)CSC. The first-order valence-electron chi connectivity index (χ1n) is 3.47. The third kappa shape index (κ3) is 4.66. The van der Waals surface area contributed by atoms with E-state index < -0.39 is 0 Å². The molecule has 2 nitrogen and oxygen atoms in total. The molecule has 0 aromatic heterocycles. The minimum atomic E-state index is 0.0370. The molecule has 0 aromatic rings. The van der Waals surface area contributed by atoms with E-state index in [4.69, 9.17) is 5.26 Å². The number of nitrogens with one attached hydrogen (secondary N) is 1. The van der Waals surface area contributed by atoms with Crippen molar-refractivity contribution in [3.63, 3.8) is 0 Å². The van der Waals surface area contributed by atoms with Gasteiger partial charge in [0.15, 0.2) is 0 Å². The van der Waals surface area contributed by atoms with Crippen LogP contribution in [0.5, 0.6) is 0 Å². The Kier molecular flexibility index (Phi) is 6.78. The van der Waals surface area contributed by atoms with Gasteiger partial charge in [0.25, 0.3) is 0 Å². The summed E-state index contributed by atoms with van der Waals surface area (Å²) in [5, 5.41) is 11.7. The fourth-order valence-electron chi connectivity index (χ4n) is 0.627. The fraction of sp³-hybridized carbons (Fsp3) is 0.857. The largest absolute Gasteiger partial charge is 0.301 e. The average molecular weight is 158 g/mol. The first-order valence-corrected chi connectivity index (χ1v) is 4.86. The molecule has 1 N–H and O–H groups in total. The first-order chi connectivity index (χ1) is 4.85. The van der Waals surface area contributed by atoms with Gasteiger partial charge in [-0.3, -0.25) is 0 Å². The predicted octanol–water partition coefficient (Wildman–Crippen LogP) is 1.24. The van der Waals surface area contributed by atoms with Crippen LogP contribution >= 0.6 is 11.8 Å². The number of hydrogen-bond acceptors (Lipinski definition) is 3. The zero-order valence-corrected chi connectivity index (χ0v) is 7.37. The zero-order valence-electron chi connectivity index (χ0n) is 6.55. The monoisotopic (exact) mass is 158 g/mol. The van der Waals surface area contributed by atoms with Gasteiger partial charge in [0.2, 0.25) is 0 Å². The van der Waals surface area contributed by atoms with Gasteiger partial charge in [-0.15, -0.1) is 0 Å². The molecule has 0 aliphatic carbocycles. The van der Waals surface area contributed by atoms with Crippen LogP contribution in [-0.2, 0) is 0 Å². The molecule has 10 heavy (non-hydrogen) atoms. The van der Waals surface area contributed by atoms with E-state index in [1.807, 2.05) is 6.26 Å². The van der Waals surface area contributed by atoms with E-state index in [1.165, 1.54) is 0 Å². The number of hydrogen-bond donors (Lipinski definition) is 1. The third-order valence-electron chi connectivity index (χ3n) is 1.13. The van der Waals surface area contributed by atoms with Gasteiger partial charge in [0.05, 0.1) is 6.07 Å². The van der Waals surface area contributed by atoms with Crippen molar-refractivity contribution in [1.29, 1.82) is 5.26 Å². The highest BCUT2D eigenvalue weighted by atomic mass is 32.2. The van der Waals surface area contributed by atoms with Gasteiger partial charge in [0.1, 0.15) is 6.04 Å². The van der Waals surface area contributed by atoms with Crippen LogP contribution < -0.4 is 5.32 Å². The second-order valence-electron chi connectivity index (χ2n) is 2.09. The van der Waals surface area contributed by atoms with Crippen molar-refractivity contribution in [2.24, 2.45) is 0 Å². The maximum absolute atomic E-state index is 8.56. The summed E-state index contributed by atoms with van der Waals surface area (Å²) < 4.78 is 0. The molecule has 0 saturated heterocycles. The van der Waals surface area contributed by atoms with Crippen LogP contribution in [0.2, 0.25) is 0 Å². The second-order valence-corrected chi connectivity index (χ2v) is 3.00. The molecule has 0 bridgehead atoms. The van der Waals surface area contributed by atoms with Gasteiger partial charge in [-0.1, -0.05) is 6.92 Å². The molecule has 0 radical (unpaired) electrons. The lowest BCUT2D eigenvalue weighted by atomic mass is 10.3. The fourth-order valence-corrected chi connectivity index (χ4v) is 1.15. The maximum Gasteiger partial charge on any atom is 0.104 e. The summed E-state index contributed by atoms with van der Waals surface area (Å²) in [6, 6.07) is 2.24. The molecule has 0 heterocycles. The molecule has 0 aliphatic rings. The summed E-state index contributed by atoms with van der Waals surface area (Å²) in [5.41, 5.74) is 0. The highest BCUT2D eigenvalue weighted by Crippen LogP contribution is 1.95. The minimum Gasteiger partial charge on any atom is -0.301 e. The summed E-state index contributed by atoms with van der Waals surface area (Å²) >= 11 is 1.70. The van der Waals surface area contributed by atoms with E-state index in [-0.39, 0.29) is 6.04 Å². The average Bonchev–Trinajstić information content (AvgIpc) is 1.98. The van der Waals surface area contributed by atoms with E-state index in [0.29, 0.717) is 0 Å². The van der Waals surface area contributed by atoms with Gasteiger partial charge in [0, 0.05) is 5.75 Å². The molecule has 58 valence electrons. The Hall–Kier alpha value is -0.200.